The van der Waals surface area contributed by atoms with Gasteiger partial charge in [-0.1, -0.05) is 24.3 Å². The zero-order valence-corrected chi connectivity index (χ0v) is 21.9. The smallest absolute Gasteiger partial charge is 0.191 e. The zero-order valence-electron chi connectivity index (χ0n) is 19.6. The van der Waals surface area contributed by atoms with Crippen LogP contribution in [0.3, 0.4) is 0 Å². The van der Waals surface area contributed by atoms with Crippen molar-refractivity contribution in [1.29, 1.82) is 0 Å². The van der Waals surface area contributed by atoms with Crippen LogP contribution in [0.4, 0.5) is 0 Å². The molecule has 0 aliphatic carbocycles. The maximum absolute atomic E-state index is 6.15. The molecule has 0 spiro atoms. The summed E-state index contributed by atoms with van der Waals surface area (Å²) in [6, 6.07) is 12.6. The van der Waals surface area contributed by atoms with E-state index in [0.29, 0.717) is 32.2 Å². The van der Waals surface area contributed by atoms with Gasteiger partial charge in [-0.25, -0.2) is 0 Å². The van der Waals surface area contributed by atoms with Gasteiger partial charge < -0.3 is 24.8 Å². The van der Waals surface area contributed by atoms with Crippen LogP contribution in [0.15, 0.2) is 41.4 Å². The third-order valence-electron chi connectivity index (χ3n) is 5.39. The molecule has 0 saturated carbocycles. The average Bonchev–Trinajstić information content (AvgIpc) is 3.29. The van der Waals surface area contributed by atoms with Crippen molar-refractivity contribution < 1.29 is 14.2 Å². The Bertz CT molecular complexity index is 883. The van der Waals surface area contributed by atoms with E-state index in [9.17, 15) is 0 Å². The number of nitrogens with one attached hydrogen (secondary N) is 2. The molecule has 1 saturated heterocycles. The molecule has 3 rings (SSSR count). The molecule has 1 fully saturated rings. The summed E-state index contributed by atoms with van der Waals surface area (Å²) in [5.41, 5.74) is 4.62. The van der Waals surface area contributed by atoms with Gasteiger partial charge in [-0.2, -0.15) is 0 Å². The first kappa shape index (κ1) is 26.3. The van der Waals surface area contributed by atoms with Crippen molar-refractivity contribution >= 4 is 29.9 Å². The van der Waals surface area contributed by atoms with E-state index in [2.05, 4.69) is 59.8 Å². The van der Waals surface area contributed by atoms with Crippen molar-refractivity contribution in [2.75, 3.05) is 33.5 Å². The first-order valence-corrected chi connectivity index (χ1v) is 11.1. The largest absolute Gasteiger partial charge is 0.494 e. The predicted octanol–water partition coefficient (Wildman–Crippen LogP) is 4.60. The lowest BCUT2D eigenvalue weighted by Gasteiger charge is -2.17. The second-order valence-corrected chi connectivity index (χ2v) is 7.96. The van der Waals surface area contributed by atoms with Gasteiger partial charge >= 0.3 is 0 Å². The van der Waals surface area contributed by atoms with E-state index in [4.69, 9.17) is 14.2 Å². The topological polar surface area (TPSA) is 64.1 Å². The minimum absolute atomic E-state index is 0. The van der Waals surface area contributed by atoms with Gasteiger partial charge in [0.05, 0.1) is 19.8 Å². The van der Waals surface area contributed by atoms with Crippen LogP contribution in [-0.4, -0.2) is 39.4 Å². The summed E-state index contributed by atoms with van der Waals surface area (Å²) in [6.07, 6.45) is 1.07. The number of aliphatic imine (C=N–C) groups is 1. The van der Waals surface area contributed by atoms with Crippen molar-refractivity contribution in [2.45, 2.75) is 40.3 Å². The number of hydrogen-bond acceptors (Lipinski definition) is 4. The highest BCUT2D eigenvalue weighted by molar-refractivity contribution is 14.0. The first-order chi connectivity index (χ1) is 15.1. The van der Waals surface area contributed by atoms with Gasteiger partial charge in [0.15, 0.2) is 5.96 Å². The van der Waals surface area contributed by atoms with Crippen molar-refractivity contribution in [1.82, 2.24) is 10.6 Å². The minimum atomic E-state index is 0. The standard InChI is InChI=1S/C25H35N3O3.HI/c1-5-30-23-9-7-20(13-19(23)3)14-27-25(26-4)28-15-22-8-6-18(2)12-24(22)31-17-21-10-11-29-16-21;/h6-9,12-13,21H,5,10-11,14-17H2,1-4H3,(H2,26,27,28);1H. The lowest BCUT2D eigenvalue weighted by molar-refractivity contribution is 0.166. The van der Waals surface area contributed by atoms with Crippen LogP contribution in [0.25, 0.3) is 0 Å². The molecule has 1 unspecified atom stereocenters. The highest BCUT2D eigenvalue weighted by atomic mass is 127. The fourth-order valence-electron chi connectivity index (χ4n) is 3.59. The van der Waals surface area contributed by atoms with E-state index in [1.807, 2.05) is 13.0 Å². The third kappa shape index (κ3) is 7.85. The van der Waals surface area contributed by atoms with Crippen molar-refractivity contribution in [3.8, 4) is 11.5 Å². The van der Waals surface area contributed by atoms with E-state index < -0.39 is 0 Å². The summed E-state index contributed by atoms with van der Waals surface area (Å²) in [4.78, 5) is 4.36. The SMILES string of the molecule is CCOc1ccc(CNC(=NC)NCc2ccc(C)cc2OCC2CCOC2)cc1C.I. The highest BCUT2D eigenvalue weighted by Crippen LogP contribution is 2.23. The van der Waals surface area contributed by atoms with Crippen LogP contribution in [0.2, 0.25) is 0 Å². The summed E-state index contributed by atoms with van der Waals surface area (Å²) in [5.74, 6) is 3.09. The number of aryl methyl sites for hydroxylation is 2. The van der Waals surface area contributed by atoms with E-state index >= 15 is 0 Å². The number of halogens is 1. The summed E-state index contributed by atoms with van der Waals surface area (Å²) in [5, 5.41) is 6.78. The summed E-state index contributed by atoms with van der Waals surface area (Å²) < 4.78 is 17.2. The van der Waals surface area contributed by atoms with E-state index in [-0.39, 0.29) is 24.0 Å². The summed E-state index contributed by atoms with van der Waals surface area (Å²) >= 11 is 0. The third-order valence-corrected chi connectivity index (χ3v) is 5.39. The van der Waals surface area contributed by atoms with Gasteiger partial charge in [-0.05, 0) is 56.0 Å². The second-order valence-electron chi connectivity index (χ2n) is 7.96. The molecule has 1 atom stereocenters. The molecular weight excluding hydrogens is 517 g/mol. The minimum Gasteiger partial charge on any atom is -0.494 e. The summed E-state index contributed by atoms with van der Waals surface area (Å²) in [7, 11) is 1.78. The molecule has 176 valence electrons. The van der Waals surface area contributed by atoms with Crippen molar-refractivity contribution in [3.63, 3.8) is 0 Å². The van der Waals surface area contributed by atoms with Crippen molar-refractivity contribution in [3.05, 3.63) is 58.7 Å². The van der Waals surface area contributed by atoms with Crippen LogP contribution in [-0.2, 0) is 17.8 Å². The molecule has 1 aliphatic rings. The molecule has 0 amide bonds. The molecule has 2 N–H and O–H groups in total. The van der Waals surface area contributed by atoms with Gasteiger partial charge in [0.2, 0.25) is 0 Å². The Kier molecular flexibility index (Phi) is 11.1. The second kappa shape index (κ2) is 13.5. The molecule has 0 radical (unpaired) electrons. The predicted molar refractivity (Wildman–Crippen MR) is 140 cm³/mol. The Balaban J connectivity index is 0.00000363. The lowest BCUT2D eigenvalue weighted by atomic mass is 10.1. The first-order valence-electron chi connectivity index (χ1n) is 11.1. The molecule has 2 aromatic carbocycles. The Hall–Kier alpha value is -2.00. The molecular formula is C25H36IN3O3. The molecule has 0 aromatic heterocycles. The Labute approximate surface area is 209 Å². The number of hydrogen-bond donors (Lipinski definition) is 2. The Morgan fingerprint density at radius 1 is 1.06 bits per heavy atom. The average molecular weight is 553 g/mol. The molecule has 6 nitrogen and oxygen atoms in total. The maximum Gasteiger partial charge on any atom is 0.191 e. The van der Waals surface area contributed by atoms with Crippen molar-refractivity contribution in [2.24, 2.45) is 10.9 Å². The lowest BCUT2D eigenvalue weighted by Crippen LogP contribution is -2.36. The number of rotatable bonds is 9. The van der Waals surface area contributed by atoms with Gasteiger partial charge in [-0.15, -0.1) is 24.0 Å². The number of benzene rings is 2. The molecule has 7 heteroatoms. The van der Waals surface area contributed by atoms with Gasteiger partial charge in [-0.3, -0.25) is 4.99 Å². The fourth-order valence-corrected chi connectivity index (χ4v) is 3.59. The Morgan fingerprint density at radius 3 is 2.56 bits per heavy atom. The van der Waals surface area contributed by atoms with Crippen LogP contribution in [0.1, 0.15) is 35.6 Å². The van der Waals surface area contributed by atoms with E-state index in [1.165, 1.54) is 11.1 Å². The summed E-state index contributed by atoms with van der Waals surface area (Å²) in [6.45, 7) is 10.5. The fraction of sp³-hybridized carbons (Fsp3) is 0.480. The van der Waals surface area contributed by atoms with Crippen LogP contribution >= 0.6 is 24.0 Å². The molecule has 1 aliphatic heterocycles. The number of guanidine groups is 1. The Morgan fingerprint density at radius 2 is 1.88 bits per heavy atom. The molecule has 2 aromatic rings. The number of ether oxygens (including phenoxy) is 3. The van der Waals surface area contributed by atoms with Gasteiger partial charge in [0, 0.05) is 38.2 Å². The molecule has 0 bridgehead atoms. The van der Waals surface area contributed by atoms with Crippen LogP contribution in [0.5, 0.6) is 11.5 Å². The van der Waals surface area contributed by atoms with E-state index in [0.717, 1.165) is 48.2 Å². The van der Waals surface area contributed by atoms with Gasteiger partial charge in [0.1, 0.15) is 11.5 Å². The van der Waals surface area contributed by atoms with E-state index in [1.54, 1.807) is 7.05 Å². The zero-order chi connectivity index (χ0) is 22.1. The molecule has 32 heavy (non-hydrogen) atoms. The van der Waals surface area contributed by atoms with Gasteiger partial charge in [0.25, 0.3) is 0 Å². The highest BCUT2D eigenvalue weighted by Gasteiger charge is 2.17. The molecule has 1 heterocycles. The quantitative estimate of drug-likeness (QED) is 0.270. The normalized spacial score (nSPS) is 15.8. The van der Waals surface area contributed by atoms with Crippen LogP contribution in [0, 0.1) is 19.8 Å². The number of nitrogens with zero attached hydrogens (tertiary/aromatic N) is 1. The van der Waals surface area contributed by atoms with Crippen LogP contribution < -0.4 is 20.1 Å². The monoisotopic (exact) mass is 553 g/mol. The maximum atomic E-state index is 6.15.